The third kappa shape index (κ3) is 3.68. The fourth-order valence-electron chi connectivity index (χ4n) is 3.09. The number of carbonyl (C=O) groups excluding carboxylic acids is 1. The second kappa shape index (κ2) is 8.24. The van der Waals surface area contributed by atoms with Gasteiger partial charge < -0.3 is 10.5 Å². The highest BCUT2D eigenvalue weighted by molar-refractivity contribution is 8.02. The molecule has 26 heavy (non-hydrogen) atoms. The van der Waals surface area contributed by atoms with Crippen molar-refractivity contribution in [2.24, 2.45) is 5.73 Å². The van der Waals surface area contributed by atoms with Crippen molar-refractivity contribution in [3.63, 3.8) is 0 Å². The summed E-state index contributed by atoms with van der Waals surface area (Å²) in [4.78, 5) is 15.9. The molecule has 0 atom stereocenters. The van der Waals surface area contributed by atoms with Gasteiger partial charge in [-0.1, -0.05) is 24.6 Å². The number of aromatic nitrogens is 1. The summed E-state index contributed by atoms with van der Waals surface area (Å²) in [7, 11) is 1.41. The summed E-state index contributed by atoms with van der Waals surface area (Å²) < 4.78 is 5.13. The maximum Gasteiger partial charge on any atom is 0.255 e. The Morgan fingerprint density at radius 1 is 1.42 bits per heavy atom. The van der Waals surface area contributed by atoms with Gasteiger partial charge in [-0.15, -0.1) is 11.8 Å². The molecule has 0 radical (unpaired) electrons. The van der Waals surface area contributed by atoms with Crippen LogP contribution in [0.5, 0.6) is 5.88 Å². The second-order valence-electron chi connectivity index (χ2n) is 6.28. The van der Waals surface area contributed by atoms with E-state index in [2.05, 4.69) is 22.5 Å². The van der Waals surface area contributed by atoms with Crippen LogP contribution in [0.25, 0.3) is 10.9 Å². The molecule has 2 aromatic rings. The highest BCUT2D eigenvalue weighted by Gasteiger charge is 2.23. The number of rotatable bonds is 3. The quantitative estimate of drug-likeness (QED) is 0.881. The fraction of sp³-hybridized carbons (Fsp3) is 0.350. The third-order valence-electron chi connectivity index (χ3n) is 4.70. The summed E-state index contributed by atoms with van der Waals surface area (Å²) >= 11 is 1.89. The number of carbonyl (C=O) groups is 1. The van der Waals surface area contributed by atoms with E-state index in [-0.39, 0.29) is 17.0 Å². The zero-order chi connectivity index (χ0) is 18.5. The number of methoxy groups -OCH3 is 1. The molecule has 5 nitrogen and oxygen atoms in total. The number of pyridine rings is 1. The molecule has 0 saturated heterocycles. The minimum absolute atomic E-state index is 0.0453. The summed E-state index contributed by atoms with van der Waals surface area (Å²) in [5.74, 6) is 1.28. The third-order valence-corrected chi connectivity index (χ3v) is 5.56. The number of nitrogens with zero attached hydrogens (tertiary/aromatic N) is 2. The Hall–Kier alpha value is -2.52. The molecule has 1 aliphatic carbocycles. The molecule has 134 valence electrons. The molecule has 1 saturated carbocycles. The normalized spacial score (nSPS) is 15.7. The lowest BCUT2D eigenvalue weighted by Crippen LogP contribution is -2.16. The van der Waals surface area contributed by atoms with E-state index >= 15 is 0 Å². The number of allylic oxidation sites excluding steroid dienone is 1. The van der Waals surface area contributed by atoms with Crippen LogP contribution in [0.4, 0.5) is 0 Å². The number of primary amides is 1. The fourth-order valence-corrected chi connectivity index (χ4v) is 3.77. The zero-order valence-corrected chi connectivity index (χ0v) is 15.5. The van der Waals surface area contributed by atoms with Crippen LogP contribution in [-0.2, 0) is 0 Å². The van der Waals surface area contributed by atoms with E-state index < -0.39 is 5.91 Å². The van der Waals surface area contributed by atoms with Gasteiger partial charge in [-0.05, 0) is 42.2 Å². The Morgan fingerprint density at radius 2 is 2.23 bits per heavy atom. The smallest absolute Gasteiger partial charge is 0.255 e. The summed E-state index contributed by atoms with van der Waals surface area (Å²) in [6.07, 6.45) is 7.11. The Balaban J connectivity index is 0.000000339. The van der Waals surface area contributed by atoms with E-state index in [9.17, 15) is 10.1 Å². The molecule has 1 aromatic heterocycles. The first-order valence-corrected chi connectivity index (χ1v) is 9.68. The van der Waals surface area contributed by atoms with E-state index in [0.29, 0.717) is 16.8 Å². The van der Waals surface area contributed by atoms with Gasteiger partial charge >= 0.3 is 0 Å². The van der Waals surface area contributed by atoms with Gasteiger partial charge in [-0.25, -0.2) is 4.98 Å². The van der Waals surface area contributed by atoms with Crippen molar-refractivity contribution in [1.29, 1.82) is 5.26 Å². The van der Waals surface area contributed by atoms with Crippen LogP contribution in [0.1, 0.15) is 53.1 Å². The number of ether oxygens (including phenoxy) is 1. The number of hydrogen-bond acceptors (Lipinski definition) is 5. The molecule has 2 heterocycles. The molecule has 1 aromatic carbocycles. The first-order valence-electron chi connectivity index (χ1n) is 8.64. The SMILES string of the molecule is C1=CSCC1.COc1nc2cc(C3CCC3)ccc2c(C#N)c1C(N)=O. The number of nitriles is 1. The Labute approximate surface area is 157 Å². The Morgan fingerprint density at radius 3 is 2.69 bits per heavy atom. The summed E-state index contributed by atoms with van der Waals surface area (Å²) in [6.45, 7) is 0. The van der Waals surface area contributed by atoms with Gasteiger partial charge in [0.1, 0.15) is 11.6 Å². The summed E-state index contributed by atoms with van der Waals surface area (Å²) in [6, 6.07) is 7.88. The van der Waals surface area contributed by atoms with Crippen LogP contribution in [0, 0.1) is 11.3 Å². The molecule has 2 aliphatic rings. The van der Waals surface area contributed by atoms with E-state index in [1.165, 1.54) is 44.1 Å². The number of thioether (sulfide) groups is 1. The van der Waals surface area contributed by atoms with Gasteiger partial charge in [0.05, 0.1) is 18.2 Å². The first kappa shape index (κ1) is 18.3. The molecular weight excluding hydrogens is 346 g/mol. The predicted molar refractivity (Wildman–Crippen MR) is 104 cm³/mol. The number of nitrogens with two attached hydrogens (primary N) is 1. The lowest BCUT2D eigenvalue weighted by Gasteiger charge is -2.26. The number of amides is 1. The highest BCUT2D eigenvalue weighted by atomic mass is 32.2. The minimum atomic E-state index is -0.708. The van der Waals surface area contributed by atoms with Gasteiger partial charge in [-0.3, -0.25) is 4.79 Å². The Bertz CT molecular complexity index is 892. The Kier molecular flexibility index (Phi) is 5.79. The largest absolute Gasteiger partial charge is 0.480 e. The van der Waals surface area contributed by atoms with Crippen LogP contribution in [0.15, 0.2) is 29.7 Å². The van der Waals surface area contributed by atoms with Gasteiger partial charge in [-0.2, -0.15) is 5.26 Å². The summed E-state index contributed by atoms with van der Waals surface area (Å²) in [5, 5.41) is 12.2. The standard InChI is InChI=1S/C16H15N3O2.C4H6S/c1-21-16-14(15(18)20)12(8-17)11-6-5-10(7-13(11)19-16)9-3-2-4-9;1-2-4-5-3-1/h5-7,9H,2-4H2,1H3,(H2,18,20);1,3H,2,4H2. The lowest BCUT2D eigenvalue weighted by molar-refractivity contribution is 0.0996. The van der Waals surface area contributed by atoms with Crippen molar-refractivity contribution >= 4 is 28.6 Å². The van der Waals surface area contributed by atoms with E-state index in [0.717, 1.165) is 0 Å². The molecule has 4 rings (SSSR count). The van der Waals surface area contributed by atoms with E-state index in [4.69, 9.17) is 10.5 Å². The monoisotopic (exact) mass is 367 g/mol. The molecule has 2 N–H and O–H groups in total. The van der Waals surface area contributed by atoms with Crippen molar-refractivity contribution < 1.29 is 9.53 Å². The van der Waals surface area contributed by atoms with Crippen LogP contribution in [0.2, 0.25) is 0 Å². The summed E-state index contributed by atoms with van der Waals surface area (Å²) in [5.41, 5.74) is 7.51. The van der Waals surface area contributed by atoms with Crippen LogP contribution in [0.3, 0.4) is 0 Å². The number of benzene rings is 1. The van der Waals surface area contributed by atoms with E-state index in [1.807, 2.05) is 30.0 Å². The van der Waals surface area contributed by atoms with Crippen molar-refractivity contribution in [3.8, 4) is 11.9 Å². The topological polar surface area (TPSA) is 89.0 Å². The van der Waals surface area contributed by atoms with Crippen molar-refractivity contribution in [3.05, 3.63) is 46.4 Å². The molecule has 0 unspecified atom stereocenters. The van der Waals surface area contributed by atoms with Crippen LogP contribution in [-0.4, -0.2) is 23.8 Å². The average molecular weight is 367 g/mol. The first-order chi connectivity index (χ1) is 12.7. The number of hydrogen-bond donors (Lipinski definition) is 1. The molecule has 1 amide bonds. The molecular formula is C20H21N3O2S. The van der Waals surface area contributed by atoms with Gasteiger partial charge in [0, 0.05) is 11.1 Å². The molecule has 0 spiro atoms. The zero-order valence-electron chi connectivity index (χ0n) is 14.7. The van der Waals surface area contributed by atoms with E-state index in [1.54, 1.807) is 0 Å². The van der Waals surface area contributed by atoms with Crippen LogP contribution >= 0.6 is 11.8 Å². The highest BCUT2D eigenvalue weighted by Crippen LogP contribution is 2.38. The molecule has 6 heteroatoms. The number of fused-ring (bicyclic) bond motifs is 1. The van der Waals surface area contributed by atoms with Crippen LogP contribution < -0.4 is 10.5 Å². The lowest BCUT2D eigenvalue weighted by atomic mass is 9.80. The second-order valence-corrected chi connectivity index (χ2v) is 7.30. The molecule has 1 aliphatic heterocycles. The maximum atomic E-state index is 11.6. The van der Waals surface area contributed by atoms with Crippen molar-refractivity contribution in [2.45, 2.75) is 31.6 Å². The van der Waals surface area contributed by atoms with Gasteiger partial charge in [0.15, 0.2) is 0 Å². The van der Waals surface area contributed by atoms with Crippen molar-refractivity contribution in [1.82, 2.24) is 4.98 Å². The van der Waals surface area contributed by atoms with Crippen molar-refractivity contribution in [2.75, 3.05) is 12.9 Å². The molecule has 1 fully saturated rings. The van der Waals surface area contributed by atoms with Gasteiger partial charge in [0.2, 0.25) is 5.88 Å². The predicted octanol–water partition coefficient (Wildman–Crippen LogP) is 4.12. The maximum absolute atomic E-state index is 11.6. The molecule has 0 bridgehead atoms. The minimum Gasteiger partial charge on any atom is -0.480 e. The average Bonchev–Trinajstić information content (AvgIpc) is 3.18. The van der Waals surface area contributed by atoms with Gasteiger partial charge in [0.25, 0.3) is 5.91 Å².